The van der Waals surface area contributed by atoms with Gasteiger partial charge < -0.3 is 29.1 Å². The highest BCUT2D eigenvalue weighted by molar-refractivity contribution is 7.89. The summed E-state index contributed by atoms with van der Waals surface area (Å²) in [5.74, 6) is 0.0185. The van der Waals surface area contributed by atoms with E-state index in [1.54, 1.807) is 33.9 Å². The number of fused-ring (bicyclic) bond motifs is 1. The topological polar surface area (TPSA) is 131 Å². The van der Waals surface area contributed by atoms with Crippen molar-refractivity contribution < 1.29 is 37.3 Å². The number of piperazine rings is 1. The van der Waals surface area contributed by atoms with Gasteiger partial charge in [0.1, 0.15) is 5.75 Å². The van der Waals surface area contributed by atoms with Crippen LogP contribution >= 0.6 is 0 Å². The van der Waals surface area contributed by atoms with Gasteiger partial charge in [-0.25, -0.2) is 8.42 Å². The van der Waals surface area contributed by atoms with Crippen molar-refractivity contribution in [2.24, 2.45) is 0 Å². The van der Waals surface area contributed by atoms with Crippen molar-refractivity contribution in [1.82, 2.24) is 18.7 Å². The maximum absolute atomic E-state index is 13.6. The van der Waals surface area contributed by atoms with Crippen LogP contribution < -0.4 is 4.74 Å². The van der Waals surface area contributed by atoms with E-state index < -0.39 is 16.3 Å². The van der Waals surface area contributed by atoms with Gasteiger partial charge in [0.05, 0.1) is 30.7 Å². The van der Waals surface area contributed by atoms with Crippen LogP contribution in [0.2, 0.25) is 0 Å². The van der Waals surface area contributed by atoms with E-state index in [1.807, 2.05) is 31.3 Å². The maximum atomic E-state index is 13.6. The first-order valence-corrected chi connectivity index (χ1v) is 16.4. The zero-order valence-electron chi connectivity index (χ0n) is 25.8. The number of ether oxygens (including phenoxy) is 3. The van der Waals surface area contributed by atoms with E-state index in [-0.39, 0.29) is 54.7 Å². The van der Waals surface area contributed by atoms with E-state index in [1.165, 1.54) is 26.2 Å². The van der Waals surface area contributed by atoms with E-state index in [0.717, 1.165) is 33.9 Å². The number of carbonyl (C=O) groups excluding carboxylic acids is 2. The average Bonchev–Trinajstić information content (AvgIpc) is 3.44. The number of amides is 1. The number of benzene rings is 2. The van der Waals surface area contributed by atoms with E-state index in [0.29, 0.717) is 25.3 Å². The van der Waals surface area contributed by atoms with Crippen molar-refractivity contribution >= 4 is 32.7 Å². The summed E-state index contributed by atoms with van der Waals surface area (Å²) in [6.07, 6.45) is 3.10. The summed E-state index contributed by atoms with van der Waals surface area (Å²) in [5.41, 5.74) is 1.64. The maximum Gasteiger partial charge on any atom is 0.288 e. The minimum Gasteiger partial charge on any atom is -0.497 e. The summed E-state index contributed by atoms with van der Waals surface area (Å²) in [5, 5.41) is 10.5. The Morgan fingerprint density at radius 1 is 1.04 bits per heavy atom. The third kappa shape index (κ3) is 7.23. The van der Waals surface area contributed by atoms with Crippen LogP contribution in [-0.4, -0.2) is 117 Å². The van der Waals surface area contributed by atoms with Crippen molar-refractivity contribution in [3.63, 3.8) is 0 Å². The number of hydrogen-bond donors (Lipinski definition) is 1. The summed E-state index contributed by atoms with van der Waals surface area (Å²) in [6.45, 7) is 3.54. The van der Waals surface area contributed by atoms with Gasteiger partial charge in [-0.05, 0) is 49.0 Å². The van der Waals surface area contributed by atoms with E-state index in [9.17, 15) is 23.1 Å². The fourth-order valence-electron chi connectivity index (χ4n) is 5.70. The molecule has 0 unspecified atom stereocenters. The molecule has 0 saturated carbocycles. The van der Waals surface area contributed by atoms with Crippen LogP contribution in [0.3, 0.4) is 0 Å². The standard InChI is InChI=1S/C32H40N4O8S/c1-23(38)36-22-28(27-6-4-5-7-29(27)36)24-20-30(32(39)34-14-12-33(2)13-15-34)44-31(21-24)43-19-17-35(16-18-37)45(40,41)26-10-8-25(42-3)9-11-26/h4-11,20,22,24,31,37H,12-19,21H2,1-3H3/t24-,31+/m1/s1. The van der Waals surface area contributed by atoms with Gasteiger partial charge in [0, 0.05) is 70.1 Å². The van der Waals surface area contributed by atoms with Gasteiger partial charge in [0.25, 0.3) is 5.91 Å². The normalized spacial score (nSPS) is 19.4. The number of methoxy groups -OCH3 is 1. The summed E-state index contributed by atoms with van der Waals surface area (Å²) >= 11 is 0. The zero-order valence-corrected chi connectivity index (χ0v) is 26.6. The van der Waals surface area contributed by atoms with Gasteiger partial charge in [0.15, 0.2) is 5.76 Å². The van der Waals surface area contributed by atoms with Crippen LogP contribution in [-0.2, 0) is 24.3 Å². The average molecular weight is 641 g/mol. The molecule has 0 bridgehead atoms. The SMILES string of the molecule is COc1ccc(S(=O)(=O)N(CCO)CCO[C@@H]2C[C@H](c3cn(C(C)=O)c4ccccc34)C=C(C(=O)N3CCN(C)CC3)O2)cc1. The van der Waals surface area contributed by atoms with Crippen molar-refractivity contribution in [2.45, 2.75) is 30.4 Å². The van der Waals surface area contributed by atoms with Gasteiger partial charge in [-0.15, -0.1) is 0 Å². The number of aliphatic hydroxyl groups excluding tert-OH is 1. The lowest BCUT2D eigenvalue weighted by molar-refractivity contribution is -0.153. The Balaban J connectivity index is 1.37. The molecular weight excluding hydrogens is 600 g/mol. The van der Waals surface area contributed by atoms with Crippen LogP contribution in [0, 0.1) is 0 Å². The van der Waals surface area contributed by atoms with Gasteiger partial charge in [0.2, 0.25) is 22.2 Å². The molecule has 5 rings (SSSR count). The first-order chi connectivity index (χ1) is 21.6. The molecule has 242 valence electrons. The Bertz CT molecular complexity index is 1650. The lowest BCUT2D eigenvalue weighted by atomic mass is 9.92. The van der Waals surface area contributed by atoms with Crippen LogP contribution in [0.4, 0.5) is 0 Å². The summed E-state index contributed by atoms with van der Waals surface area (Å²) in [7, 11) is -0.423. The minimum atomic E-state index is -3.93. The second-order valence-electron chi connectivity index (χ2n) is 11.2. The lowest BCUT2D eigenvalue weighted by Gasteiger charge is -2.35. The predicted molar refractivity (Wildman–Crippen MR) is 167 cm³/mol. The lowest BCUT2D eigenvalue weighted by Crippen LogP contribution is -2.48. The Kier molecular flexibility index (Phi) is 10.2. The molecule has 2 aliphatic rings. The predicted octanol–water partition coefficient (Wildman–Crippen LogP) is 2.50. The second-order valence-corrected chi connectivity index (χ2v) is 13.1. The molecule has 1 amide bonds. The number of carbonyl (C=O) groups is 2. The van der Waals surface area contributed by atoms with Gasteiger partial charge in [-0.3, -0.25) is 14.2 Å². The number of para-hydroxylation sites is 1. The molecule has 1 N–H and O–H groups in total. The van der Waals surface area contributed by atoms with Gasteiger partial charge >= 0.3 is 0 Å². The molecule has 45 heavy (non-hydrogen) atoms. The quantitative estimate of drug-likeness (QED) is 0.336. The Morgan fingerprint density at radius 2 is 1.76 bits per heavy atom. The monoisotopic (exact) mass is 640 g/mol. The molecule has 13 heteroatoms. The first-order valence-electron chi connectivity index (χ1n) is 15.0. The van der Waals surface area contributed by atoms with Crippen molar-refractivity contribution in [3.05, 3.63) is 72.1 Å². The molecular formula is C32H40N4O8S. The van der Waals surface area contributed by atoms with E-state index in [4.69, 9.17) is 14.2 Å². The number of nitrogens with zero attached hydrogens (tertiary/aromatic N) is 4. The molecule has 2 atom stereocenters. The highest BCUT2D eigenvalue weighted by atomic mass is 32.2. The van der Waals surface area contributed by atoms with E-state index in [2.05, 4.69) is 4.90 Å². The number of allylic oxidation sites excluding steroid dienone is 1. The van der Waals surface area contributed by atoms with Crippen LogP contribution in [0.25, 0.3) is 10.9 Å². The number of aromatic nitrogens is 1. The molecule has 1 fully saturated rings. The number of rotatable bonds is 11. The summed E-state index contributed by atoms with van der Waals surface area (Å²) in [4.78, 5) is 30.1. The highest BCUT2D eigenvalue weighted by Gasteiger charge is 2.34. The molecule has 3 heterocycles. The molecule has 3 aromatic rings. The van der Waals surface area contributed by atoms with Gasteiger partial charge in [-0.2, -0.15) is 4.31 Å². The Morgan fingerprint density at radius 3 is 2.42 bits per heavy atom. The fraction of sp³-hybridized carbons (Fsp3) is 0.438. The van der Waals surface area contributed by atoms with Crippen molar-refractivity contribution in [1.29, 1.82) is 0 Å². The first kappa shape index (κ1) is 32.6. The number of hydrogen-bond acceptors (Lipinski definition) is 9. The molecule has 0 radical (unpaired) electrons. The molecule has 1 saturated heterocycles. The molecule has 2 aromatic carbocycles. The largest absolute Gasteiger partial charge is 0.497 e. The molecule has 2 aliphatic heterocycles. The number of aliphatic hydroxyl groups is 1. The highest BCUT2D eigenvalue weighted by Crippen LogP contribution is 2.37. The van der Waals surface area contributed by atoms with E-state index >= 15 is 0 Å². The third-order valence-electron chi connectivity index (χ3n) is 8.23. The van der Waals surface area contributed by atoms with Crippen LogP contribution in [0.1, 0.15) is 29.6 Å². The van der Waals surface area contributed by atoms with Crippen molar-refractivity contribution in [3.8, 4) is 5.75 Å². The zero-order chi connectivity index (χ0) is 32.1. The second kappa shape index (κ2) is 14.1. The van der Waals surface area contributed by atoms with Crippen molar-refractivity contribution in [2.75, 3.05) is 66.6 Å². The minimum absolute atomic E-state index is 0.0437. The summed E-state index contributed by atoms with van der Waals surface area (Å²) in [6, 6.07) is 13.6. The molecule has 1 aromatic heterocycles. The van der Waals surface area contributed by atoms with Gasteiger partial charge in [-0.1, -0.05) is 18.2 Å². The number of sulfonamides is 1. The molecule has 12 nitrogen and oxygen atoms in total. The fourth-order valence-corrected chi connectivity index (χ4v) is 7.12. The summed E-state index contributed by atoms with van der Waals surface area (Å²) < 4.78 is 46.8. The Labute approximate surface area is 263 Å². The van der Waals surface area contributed by atoms with Crippen LogP contribution in [0.5, 0.6) is 5.75 Å². The third-order valence-corrected chi connectivity index (χ3v) is 10.1. The number of likely N-dealkylation sites (N-methyl/N-ethyl adjacent to an activating group) is 1. The Hall–Kier alpha value is -3.75. The smallest absolute Gasteiger partial charge is 0.288 e. The molecule has 0 aliphatic carbocycles. The molecule has 0 spiro atoms. The van der Waals surface area contributed by atoms with Crippen LogP contribution in [0.15, 0.2) is 71.5 Å².